The van der Waals surface area contributed by atoms with E-state index in [0.29, 0.717) is 11.2 Å². The van der Waals surface area contributed by atoms with Crippen molar-refractivity contribution in [1.29, 1.82) is 0 Å². The van der Waals surface area contributed by atoms with Gasteiger partial charge in [0.15, 0.2) is 0 Å². The fourth-order valence-corrected chi connectivity index (χ4v) is 2.06. The Hall–Kier alpha value is -1.11. The first-order valence-corrected chi connectivity index (χ1v) is 5.02. The molecule has 0 aromatic carbocycles. The molecule has 0 saturated heterocycles. The quantitative estimate of drug-likeness (QED) is 0.647. The van der Waals surface area contributed by atoms with Crippen LogP contribution in [0.25, 0.3) is 11.0 Å². The van der Waals surface area contributed by atoms with Gasteiger partial charge in [0.05, 0.1) is 10.8 Å². The molecule has 0 bridgehead atoms. The minimum Gasteiger partial charge on any atom is -0.465 e. The third-order valence-corrected chi connectivity index (χ3v) is 2.72. The molecule has 2 rings (SSSR count). The molecule has 14 heavy (non-hydrogen) atoms. The number of esters is 1. The number of hydrogen-bond donors (Lipinski definition) is 1. The standard InChI is InChI=1S/C9H7IN2O2/c1-14-9(13)6-5-3-2-4-11-8(5)12-7(6)10/h2-4H,1H3,(H,11,12). The number of aromatic amines is 1. The van der Waals surface area contributed by atoms with Crippen molar-refractivity contribution in [1.82, 2.24) is 9.97 Å². The van der Waals surface area contributed by atoms with Gasteiger partial charge in [-0.1, -0.05) is 0 Å². The molecule has 0 atom stereocenters. The molecule has 0 unspecified atom stereocenters. The molecule has 0 saturated carbocycles. The number of aromatic nitrogens is 2. The minimum atomic E-state index is -0.339. The summed E-state index contributed by atoms with van der Waals surface area (Å²) in [5, 5.41) is 0.795. The number of carbonyl (C=O) groups is 1. The molecule has 2 aromatic rings. The first kappa shape index (κ1) is 9.45. The van der Waals surface area contributed by atoms with Crippen molar-refractivity contribution in [3.8, 4) is 0 Å². The van der Waals surface area contributed by atoms with Gasteiger partial charge in [-0.25, -0.2) is 9.78 Å². The summed E-state index contributed by atoms with van der Waals surface area (Å²) in [7, 11) is 1.37. The number of H-pyrrole nitrogens is 1. The van der Waals surface area contributed by atoms with Crippen LogP contribution in [-0.2, 0) is 4.74 Å². The Morgan fingerprint density at radius 1 is 1.64 bits per heavy atom. The summed E-state index contributed by atoms with van der Waals surface area (Å²) in [6, 6.07) is 3.63. The molecule has 0 fully saturated rings. The molecule has 0 aliphatic rings. The predicted octanol–water partition coefficient (Wildman–Crippen LogP) is 1.95. The van der Waals surface area contributed by atoms with Gasteiger partial charge in [-0.15, -0.1) is 0 Å². The highest BCUT2D eigenvalue weighted by atomic mass is 127. The van der Waals surface area contributed by atoms with E-state index in [1.54, 1.807) is 12.3 Å². The molecular weight excluding hydrogens is 295 g/mol. The van der Waals surface area contributed by atoms with E-state index in [-0.39, 0.29) is 5.97 Å². The third-order valence-electron chi connectivity index (χ3n) is 1.91. The molecule has 0 amide bonds. The van der Waals surface area contributed by atoms with E-state index in [0.717, 1.165) is 9.09 Å². The van der Waals surface area contributed by atoms with Gasteiger partial charge in [-0.2, -0.15) is 0 Å². The summed E-state index contributed by atoms with van der Waals surface area (Å²) in [4.78, 5) is 18.6. The van der Waals surface area contributed by atoms with Crippen molar-refractivity contribution >= 4 is 39.6 Å². The number of methoxy groups -OCH3 is 1. The van der Waals surface area contributed by atoms with Crippen molar-refractivity contribution in [2.24, 2.45) is 0 Å². The van der Waals surface area contributed by atoms with E-state index < -0.39 is 0 Å². The number of pyridine rings is 1. The van der Waals surface area contributed by atoms with Crippen LogP contribution in [0.15, 0.2) is 18.3 Å². The topological polar surface area (TPSA) is 55.0 Å². The van der Waals surface area contributed by atoms with Crippen molar-refractivity contribution in [2.45, 2.75) is 0 Å². The summed E-state index contributed by atoms with van der Waals surface area (Å²) in [5.41, 5.74) is 1.26. The maximum atomic E-state index is 11.4. The highest BCUT2D eigenvalue weighted by Gasteiger charge is 2.17. The van der Waals surface area contributed by atoms with Crippen LogP contribution in [-0.4, -0.2) is 23.0 Å². The summed E-state index contributed by atoms with van der Waals surface area (Å²) in [6.45, 7) is 0. The van der Waals surface area contributed by atoms with Crippen LogP contribution in [0.5, 0.6) is 0 Å². The zero-order valence-electron chi connectivity index (χ0n) is 7.37. The maximum absolute atomic E-state index is 11.4. The van der Waals surface area contributed by atoms with Crippen molar-refractivity contribution < 1.29 is 9.53 Å². The predicted molar refractivity (Wildman–Crippen MR) is 60.2 cm³/mol. The van der Waals surface area contributed by atoms with Crippen LogP contribution in [0.4, 0.5) is 0 Å². The van der Waals surface area contributed by atoms with Crippen molar-refractivity contribution in [3.05, 3.63) is 27.6 Å². The van der Waals surface area contributed by atoms with E-state index in [2.05, 4.69) is 32.6 Å². The second-order valence-corrected chi connectivity index (χ2v) is 3.78. The highest BCUT2D eigenvalue weighted by Crippen LogP contribution is 2.22. The van der Waals surface area contributed by atoms with E-state index >= 15 is 0 Å². The zero-order valence-corrected chi connectivity index (χ0v) is 9.53. The first-order valence-electron chi connectivity index (χ1n) is 3.94. The highest BCUT2D eigenvalue weighted by molar-refractivity contribution is 14.1. The lowest BCUT2D eigenvalue weighted by Crippen LogP contribution is -2.01. The van der Waals surface area contributed by atoms with Crippen LogP contribution in [0.3, 0.4) is 0 Å². The molecule has 5 heteroatoms. The normalized spacial score (nSPS) is 10.4. The van der Waals surface area contributed by atoms with Gasteiger partial charge in [0.1, 0.15) is 11.2 Å². The Bertz CT molecular complexity index is 493. The molecule has 0 radical (unpaired) electrons. The number of nitrogens with zero attached hydrogens (tertiary/aromatic N) is 1. The smallest absolute Gasteiger partial charge is 0.341 e. The van der Waals surface area contributed by atoms with Crippen LogP contribution >= 0.6 is 22.6 Å². The lowest BCUT2D eigenvalue weighted by Gasteiger charge is -1.96. The number of hydrogen-bond acceptors (Lipinski definition) is 3. The number of halogens is 1. The Kier molecular flexibility index (Phi) is 2.40. The lowest BCUT2D eigenvalue weighted by molar-refractivity contribution is 0.0602. The van der Waals surface area contributed by atoms with E-state index in [4.69, 9.17) is 4.74 Å². The Balaban J connectivity index is 2.74. The molecule has 0 spiro atoms. The summed E-state index contributed by atoms with van der Waals surface area (Å²) in [6.07, 6.45) is 1.68. The minimum absolute atomic E-state index is 0.339. The van der Waals surface area contributed by atoms with E-state index in [1.807, 2.05) is 6.07 Å². The van der Waals surface area contributed by atoms with Gasteiger partial charge < -0.3 is 9.72 Å². The fraction of sp³-hybridized carbons (Fsp3) is 0.111. The molecular formula is C9H7IN2O2. The fourth-order valence-electron chi connectivity index (χ4n) is 1.29. The summed E-state index contributed by atoms with van der Waals surface area (Å²) in [5.74, 6) is -0.339. The Morgan fingerprint density at radius 2 is 2.43 bits per heavy atom. The van der Waals surface area contributed by atoms with Gasteiger partial charge in [-0.05, 0) is 34.7 Å². The number of ether oxygens (including phenoxy) is 1. The molecule has 72 valence electrons. The molecule has 1 N–H and O–H groups in total. The number of rotatable bonds is 1. The van der Waals surface area contributed by atoms with Gasteiger partial charge in [0.2, 0.25) is 0 Å². The second-order valence-electron chi connectivity index (χ2n) is 2.71. The van der Waals surface area contributed by atoms with Gasteiger partial charge in [0.25, 0.3) is 0 Å². The largest absolute Gasteiger partial charge is 0.465 e. The monoisotopic (exact) mass is 302 g/mol. The van der Waals surface area contributed by atoms with Crippen molar-refractivity contribution in [3.63, 3.8) is 0 Å². The third kappa shape index (κ3) is 1.37. The number of carbonyl (C=O) groups excluding carboxylic acids is 1. The SMILES string of the molecule is COC(=O)c1c(I)[nH]c2ncccc12. The molecule has 4 nitrogen and oxygen atoms in total. The Morgan fingerprint density at radius 3 is 3.14 bits per heavy atom. The Labute approximate surface area is 93.8 Å². The summed E-state index contributed by atoms with van der Waals surface area (Å²) < 4.78 is 5.44. The molecule has 0 aliphatic heterocycles. The van der Waals surface area contributed by atoms with E-state index in [1.165, 1.54) is 7.11 Å². The van der Waals surface area contributed by atoms with Crippen molar-refractivity contribution in [2.75, 3.05) is 7.11 Å². The number of fused-ring (bicyclic) bond motifs is 1. The molecule has 2 heterocycles. The average molecular weight is 302 g/mol. The van der Waals surface area contributed by atoms with Crippen LogP contribution in [0.1, 0.15) is 10.4 Å². The second kappa shape index (κ2) is 3.56. The summed E-state index contributed by atoms with van der Waals surface area (Å²) >= 11 is 2.06. The number of nitrogens with one attached hydrogen (secondary N) is 1. The van der Waals surface area contributed by atoms with Gasteiger partial charge >= 0.3 is 5.97 Å². The molecule has 2 aromatic heterocycles. The average Bonchev–Trinajstić information content (AvgIpc) is 2.53. The van der Waals surface area contributed by atoms with Crippen LogP contribution in [0.2, 0.25) is 0 Å². The van der Waals surface area contributed by atoms with E-state index in [9.17, 15) is 4.79 Å². The van der Waals surface area contributed by atoms with Gasteiger partial charge in [0, 0.05) is 11.6 Å². The maximum Gasteiger partial charge on any atom is 0.341 e. The van der Waals surface area contributed by atoms with Crippen LogP contribution in [0, 0.1) is 3.70 Å². The lowest BCUT2D eigenvalue weighted by atomic mass is 10.2. The zero-order chi connectivity index (χ0) is 10.1. The molecule has 0 aliphatic carbocycles. The van der Waals surface area contributed by atoms with Crippen LogP contribution < -0.4 is 0 Å². The first-order chi connectivity index (χ1) is 6.74. The van der Waals surface area contributed by atoms with Gasteiger partial charge in [-0.3, -0.25) is 0 Å².